The number of sulfone groups is 1. The molecule has 0 bridgehead atoms. The molecule has 2 atom stereocenters. The number of aromatic nitrogens is 1. The van der Waals surface area contributed by atoms with E-state index in [0.717, 1.165) is 11.1 Å². The second kappa shape index (κ2) is 5.01. The molecule has 4 nitrogen and oxygen atoms in total. The van der Waals surface area contributed by atoms with Gasteiger partial charge in [-0.2, -0.15) is 0 Å². The van der Waals surface area contributed by atoms with Crippen LogP contribution in [0.15, 0.2) is 28.7 Å². The Labute approximate surface area is 114 Å². The molecule has 2 rings (SSSR count). The molecule has 0 saturated carbocycles. The Morgan fingerprint density at radius 3 is 2.67 bits per heavy atom. The summed E-state index contributed by atoms with van der Waals surface area (Å²) in [6.07, 6.45) is 1.68. The fourth-order valence-electron chi connectivity index (χ4n) is 1.61. The van der Waals surface area contributed by atoms with Crippen molar-refractivity contribution in [1.82, 2.24) is 4.98 Å². The van der Waals surface area contributed by atoms with E-state index >= 15 is 0 Å². The second-order valence-electron chi connectivity index (χ2n) is 4.33. The molecule has 0 fully saturated rings. The van der Waals surface area contributed by atoms with Crippen molar-refractivity contribution in [2.45, 2.75) is 23.4 Å². The van der Waals surface area contributed by atoms with E-state index < -0.39 is 15.1 Å². The molecule has 0 N–H and O–H groups in total. The monoisotopic (exact) mass is 331 g/mol. The molecule has 98 valence electrons. The fourth-order valence-corrected chi connectivity index (χ4v) is 3.69. The summed E-state index contributed by atoms with van der Waals surface area (Å²) in [6, 6.07) is 7.47. The lowest BCUT2D eigenvalue weighted by Crippen LogP contribution is -2.27. The minimum absolute atomic E-state index is 0.208. The Bertz CT molecular complexity index is 617. The van der Waals surface area contributed by atoms with E-state index in [1.54, 1.807) is 6.92 Å². The maximum absolute atomic E-state index is 11.5. The molecular weight excluding hydrogens is 318 g/mol. The van der Waals surface area contributed by atoms with Crippen LogP contribution in [-0.4, -0.2) is 29.7 Å². The van der Waals surface area contributed by atoms with Crippen LogP contribution in [0.2, 0.25) is 0 Å². The summed E-state index contributed by atoms with van der Waals surface area (Å²) >= 11 is 3.39. The van der Waals surface area contributed by atoms with Gasteiger partial charge in [0.25, 0.3) is 0 Å². The van der Waals surface area contributed by atoms with Crippen molar-refractivity contribution in [3.05, 3.63) is 30.2 Å². The highest BCUT2D eigenvalue weighted by atomic mass is 79.9. The van der Waals surface area contributed by atoms with Gasteiger partial charge in [0.1, 0.15) is 5.52 Å². The number of hydrogen-bond donors (Lipinski definition) is 0. The summed E-state index contributed by atoms with van der Waals surface area (Å²) < 4.78 is 28.5. The van der Waals surface area contributed by atoms with E-state index in [-0.39, 0.29) is 4.83 Å². The lowest BCUT2D eigenvalue weighted by molar-refractivity contribution is 0.519. The number of fused-ring (bicyclic) bond motifs is 1. The second-order valence-corrected chi connectivity index (χ2v) is 7.91. The SMILES string of the molecule is CC(C(Br)Cc1nc2ccccc2o1)S(C)(=O)=O. The normalized spacial score (nSPS) is 15.7. The molecule has 0 radical (unpaired) electrons. The molecule has 0 amide bonds. The third-order valence-corrected chi connectivity index (χ3v) is 6.04. The van der Waals surface area contributed by atoms with Crippen molar-refractivity contribution in [3.8, 4) is 0 Å². The van der Waals surface area contributed by atoms with Gasteiger partial charge in [-0.15, -0.1) is 0 Å². The molecule has 2 unspecified atom stereocenters. The number of nitrogens with zero attached hydrogens (tertiary/aromatic N) is 1. The summed E-state index contributed by atoms with van der Waals surface area (Å²) in [4.78, 5) is 4.12. The first-order chi connectivity index (χ1) is 8.38. The first kappa shape index (κ1) is 13.5. The quantitative estimate of drug-likeness (QED) is 0.808. The van der Waals surface area contributed by atoms with Crippen molar-refractivity contribution in [1.29, 1.82) is 0 Å². The molecule has 6 heteroatoms. The van der Waals surface area contributed by atoms with Crippen LogP contribution in [0.1, 0.15) is 12.8 Å². The van der Waals surface area contributed by atoms with Crippen LogP contribution in [0.4, 0.5) is 0 Å². The maximum atomic E-state index is 11.5. The van der Waals surface area contributed by atoms with Crippen LogP contribution in [0.5, 0.6) is 0 Å². The number of para-hydroxylation sites is 2. The highest BCUT2D eigenvalue weighted by molar-refractivity contribution is 9.09. The van der Waals surface area contributed by atoms with Gasteiger partial charge in [-0.25, -0.2) is 13.4 Å². The molecule has 0 aliphatic rings. The first-order valence-electron chi connectivity index (χ1n) is 5.55. The number of oxazole rings is 1. The Kier molecular flexibility index (Phi) is 3.77. The zero-order chi connectivity index (χ0) is 13.3. The zero-order valence-corrected chi connectivity index (χ0v) is 12.5. The van der Waals surface area contributed by atoms with Crippen LogP contribution in [-0.2, 0) is 16.3 Å². The molecule has 1 aromatic carbocycles. The van der Waals surface area contributed by atoms with E-state index in [4.69, 9.17) is 4.42 Å². The van der Waals surface area contributed by atoms with Gasteiger partial charge in [0.05, 0.1) is 5.25 Å². The summed E-state index contributed by atoms with van der Waals surface area (Å²) in [7, 11) is -3.07. The molecule has 0 spiro atoms. The van der Waals surface area contributed by atoms with Crippen LogP contribution in [0.25, 0.3) is 11.1 Å². The molecule has 1 heterocycles. The van der Waals surface area contributed by atoms with Crippen molar-refractivity contribution in [2.75, 3.05) is 6.26 Å². The Morgan fingerprint density at radius 2 is 2.06 bits per heavy atom. The van der Waals surface area contributed by atoms with E-state index in [9.17, 15) is 8.42 Å². The maximum Gasteiger partial charge on any atom is 0.196 e. The Balaban J connectivity index is 2.19. The molecule has 0 aliphatic heterocycles. The highest BCUT2D eigenvalue weighted by Crippen LogP contribution is 2.21. The van der Waals surface area contributed by atoms with Gasteiger partial charge in [-0.3, -0.25) is 0 Å². The average molecular weight is 332 g/mol. The zero-order valence-electron chi connectivity index (χ0n) is 10.1. The van der Waals surface area contributed by atoms with Crippen LogP contribution >= 0.6 is 15.9 Å². The van der Waals surface area contributed by atoms with Gasteiger partial charge in [0.15, 0.2) is 21.3 Å². The summed E-state index contributed by atoms with van der Waals surface area (Å²) in [5, 5.41) is -0.479. The molecule has 1 aromatic heterocycles. The van der Waals surface area contributed by atoms with Gasteiger partial charge >= 0.3 is 0 Å². The summed E-state index contributed by atoms with van der Waals surface area (Å²) in [5.74, 6) is 0.550. The van der Waals surface area contributed by atoms with Crippen molar-refractivity contribution >= 4 is 36.9 Å². The molecule has 2 aromatic rings. The first-order valence-corrected chi connectivity index (χ1v) is 8.42. The van der Waals surface area contributed by atoms with E-state index in [0.29, 0.717) is 12.3 Å². The minimum atomic E-state index is -3.07. The standard InChI is InChI=1S/C12H14BrNO3S/c1-8(18(2,15)16)9(13)7-12-14-10-5-3-4-6-11(10)17-12/h3-6,8-9H,7H2,1-2H3. The van der Waals surface area contributed by atoms with Crippen LogP contribution in [0, 0.1) is 0 Å². The topological polar surface area (TPSA) is 60.2 Å². The lowest BCUT2D eigenvalue weighted by Gasteiger charge is -2.14. The predicted molar refractivity (Wildman–Crippen MR) is 74.7 cm³/mol. The van der Waals surface area contributed by atoms with Gasteiger partial charge in [-0.1, -0.05) is 28.1 Å². The number of alkyl halides is 1. The highest BCUT2D eigenvalue weighted by Gasteiger charge is 2.25. The minimum Gasteiger partial charge on any atom is -0.441 e. The lowest BCUT2D eigenvalue weighted by atomic mass is 10.2. The largest absolute Gasteiger partial charge is 0.441 e. The van der Waals surface area contributed by atoms with E-state index in [1.165, 1.54) is 6.26 Å². The molecule has 0 saturated heterocycles. The van der Waals surface area contributed by atoms with Gasteiger partial charge in [-0.05, 0) is 19.1 Å². The number of halogens is 1. The summed E-state index contributed by atoms with van der Waals surface area (Å²) in [5.41, 5.74) is 1.51. The van der Waals surface area contributed by atoms with Crippen molar-refractivity contribution < 1.29 is 12.8 Å². The molecule has 18 heavy (non-hydrogen) atoms. The van der Waals surface area contributed by atoms with Gasteiger partial charge in [0.2, 0.25) is 0 Å². The number of hydrogen-bond acceptors (Lipinski definition) is 4. The molecule has 0 aliphatic carbocycles. The Hall–Kier alpha value is -0.880. The number of benzene rings is 1. The molecular formula is C12H14BrNO3S. The van der Waals surface area contributed by atoms with Crippen LogP contribution in [0.3, 0.4) is 0 Å². The van der Waals surface area contributed by atoms with E-state index in [2.05, 4.69) is 20.9 Å². The third kappa shape index (κ3) is 2.92. The predicted octanol–water partition coefficient (Wildman–Crippen LogP) is 2.57. The number of rotatable bonds is 4. The van der Waals surface area contributed by atoms with Crippen LogP contribution < -0.4 is 0 Å². The van der Waals surface area contributed by atoms with Gasteiger partial charge in [0, 0.05) is 17.5 Å². The fraction of sp³-hybridized carbons (Fsp3) is 0.417. The van der Waals surface area contributed by atoms with Gasteiger partial charge < -0.3 is 4.42 Å². The third-order valence-electron chi connectivity index (χ3n) is 2.89. The average Bonchev–Trinajstić information content (AvgIpc) is 2.68. The smallest absolute Gasteiger partial charge is 0.196 e. The van der Waals surface area contributed by atoms with E-state index in [1.807, 2.05) is 24.3 Å². The van der Waals surface area contributed by atoms with Crippen molar-refractivity contribution in [3.63, 3.8) is 0 Å². The Morgan fingerprint density at radius 1 is 1.39 bits per heavy atom. The summed E-state index contributed by atoms with van der Waals surface area (Å²) in [6.45, 7) is 1.68. The van der Waals surface area contributed by atoms with Crippen molar-refractivity contribution in [2.24, 2.45) is 0 Å².